The van der Waals surface area contributed by atoms with Crippen molar-refractivity contribution in [2.45, 2.75) is 44.6 Å². The lowest BCUT2D eigenvalue weighted by Gasteiger charge is -2.35. The highest BCUT2D eigenvalue weighted by molar-refractivity contribution is 7.89. The van der Waals surface area contributed by atoms with E-state index < -0.39 is 10.0 Å². The Hall–Kier alpha value is -0.910. The van der Waals surface area contributed by atoms with Gasteiger partial charge < -0.3 is 5.32 Å². The van der Waals surface area contributed by atoms with E-state index in [9.17, 15) is 8.42 Å². The second-order valence-electron chi connectivity index (χ2n) is 6.11. The summed E-state index contributed by atoms with van der Waals surface area (Å²) >= 11 is 0. The van der Waals surface area contributed by atoms with Crippen LogP contribution in [0.25, 0.3) is 0 Å². The van der Waals surface area contributed by atoms with E-state index in [0.717, 1.165) is 24.0 Å². The topological polar surface area (TPSA) is 49.4 Å². The third-order valence-corrected chi connectivity index (χ3v) is 6.56. The van der Waals surface area contributed by atoms with Crippen LogP contribution in [0.3, 0.4) is 0 Å². The molecule has 0 aliphatic carbocycles. The van der Waals surface area contributed by atoms with Gasteiger partial charge in [0.05, 0.1) is 4.90 Å². The quantitative estimate of drug-likeness (QED) is 0.928. The predicted molar refractivity (Wildman–Crippen MR) is 85.9 cm³/mol. The predicted octanol–water partition coefficient (Wildman–Crippen LogP) is 2.31. The van der Waals surface area contributed by atoms with E-state index in [1.807, 2.05) is 33.0 Å². The Labute approximate surface area is 128 Å². The molecule has 1 aliphatic rings. The van der Waals surface area contributed by atoms with Gasteiger partial charge in [0.1, 0.15) is 0 Å². The molecule has 4 nitrogen and oxygen atoms in total. The summed E-state index contributed by atoms with van der Waals surface area (Å²) in [5.74, 6) is 0.379. The Balaban J connectivity index is 2.26. The van der Waals surface area contributed by atoms with Gasteiger partial charge in [0.2, 0.25) is 10.0 Å². The van der Waals surface area contributed by atoms with Crippen LogP contribution >= 0.6 is 0 Å². The number of aryl methyl sites for hydroxylation is 2. The van der Waals surface area contributed by atoms with E-state index in [2.05, 4.69) is 12.2 Å². The van der Waals surface area contributed by atoms with Crippen molar-refractivity contribution in [1.82, 2.24) is 9.62 Å². The molecule has 0 bridgehead atoms. The fourth-order valence-corrected chi connectivity index (χ4v) is 4.81. The highest BCUT2D eigenvalue weighted by atomic mass is 32.2. The zero-order valence-electron chi connectivity index (χ0n) is 13.4. The molecular formula is C16H26N2O2S. The molecule has 5 heteroatoms. The lowest BCUT2D eigenvalue weighted by atomic mass is 9.93. The third kappa shape index (κ3) is 3.47. The van der Waals surface area contributed by atoms with E-state index in [1.165, 1.54) is 0 Å². The van der Waals surface area contributed by atoms with E-state index in [4.69, 9.17) is 0 Å². The number of nitrogens with one attached hydrogen (secondary N) is 1. The van der Waals surface area contributed by atoms with Crippen LogP contribution in [0.4, 0.5) is 0 Å². The van der Waals surface area contributed by atoms with Gasteiger partial charge in [-0.2, -0.15) is 4.31 Å². The maximum Gasteiger partial charge on any atom is 0.243 e. The van der Waals surface area contributed by atoms with Crippen LogP contribution < -0.4 is 5.32 Å². The molecule has 0 saturated carbocycles. The first kappa shape index (κ1) is 16.5. The number of benzene rings is 1. The van der Waals surface area contributed by atoms with Crippen molar-refractivity contribution in [3.05, 3.63) is 29.3 Å². The second-order valence-corrected chi connectivity index (χ2v) is 8.02. The van der Waals surface area contributed by atoms with Crippen LogP contribution in [0.15, 0.2) is 23.1 Å². The highest BCUT2D eigenvalue weighted by Gasteiger charge is 2.32. The molecule has 2 unspecified atom stereocenters. The molecule has 2 atom stereocenters. The first-order valence-corrected chi connectivity index (χ1v) is 9.05. The largest absolute Gasteiger partial charge is 0.317 e. The Morgan fingerprint density at radius 2 is 2.05 bits per heavy atom. The van der Waals surface area contributed by atoms with Gasteiger partial charge in [0.15, 0.2) is 0 Å². The van der Waals surface area contributed by atoms with Crippen molar-refractivity contribution in [1.29, 1.82) is 0 Å². The number of hydrogen-bond acceptors (Lipinski definition) is 3. The molecule has 1 aliphatic heterocycles. The first-order chi connectivity index (χ1) is 9.86. The summed E-state index contributed by atoms with van der Waals surface area (Å²) < 4.78 is 27.4. The summed E-state index contributed by atoms with van der Waals surface area (Å²) in [6, 6.07) is 5.88. The van der Waals surface area contributed by atoms with Gasteiger partial charge in [0.25, 0.3) is 0 Å². The molecule has 0 spiro atoms. The standard InChI is InChI=1S/C16H26N2O2S/c1-12-7-8-16(13(2)10-12)21(19,20)18-9-5-6-15(11-18)14(3)17-4/h7-8,10,14-15,17H,5-6,9,11H2,1-4H3. The van der Waals surface area contributed by atoms with E-state index in [-0.39, 0.29) is 0 Å². The molecule has 0 amide bonds. The van der Waals surface area contributed by atoms with Crippen LogP contribution in [0.2, 0.25) is 0 Å². The van der Waals surface area contributed by atoms with Crippen LogP contribution in [-0.4, -0.2) is 38.9 Å². The molecule has 1 N–H and O–H groups in total. The Morgan fingerprint density at radius 1 is 1.33 bits per heavy atom. The minimum atomic E-state index is -3.38. The highest BCUT2D eigenvalue weighted by Crippen LogP contribution is 2.27. The Kier molecular flexibility index (Phi) is 5.07. The third-order valence-electron chi connectivity index (χ3n) is 4.53. The molecular weight excluding hydrogens is 284 g/mol. The Bertz CT molecular complexity index is 598. The normalized spacial score (nSPS) is 22.2. The molecule has 1 aromatic carbocycles. The van der Waals surface area contributed by atoms with Crippen molar-refractivity contribution in [3.63, 3.8) is 0 Å². The van der Waals surface area contributed by atoms with E-state index in [1.54, 1.807) is 10.4 Å². The minimum Gasteiger partial charge on any atom is -0.317 e. The van der Waals surface area contributed by atoms with Crippen LogP contribution in [0, 0.1) is 19.8 Å². The molecule has 1 heterocycles. The zero-order valence-corrected chi connectivity index (χ0v) is 14.2. The van der Waals surface area contributed by atoms with Crippen LogP contribution in [-0.2, 0) is 10.0 Å². The lowest BCUT2D eigenvalue weighted by molar-refractivity contribution is 0.229. The van der Waals surface area contributed by atoms with Gasteiger partial charge in [-0.15, -0.1) is 0 Å². The maximum atomic E-state index is 12.9. The van der Waals surface area contributed by atoms with Gasteiger partial charge in [0, 0.05) is 19.1 Å². The van der Waals surface area contributed by atoms with Gasteiger partial charge >= 0.3 is 0 Å². The molecule has 1 fully saturated rings. The molecule has 1 aromatic rings. The number of sulfonamides is 1. The van der Waals surface area contributed by atoms with E-state index in [0.29, 0.717) is 29.9 Å². The van der Waals surface area contributed by atoms with Crippen molar-refractivity contribution in [2.24, 2.45) is 5.92 Å². The zero-order chi connectivity index (χ0) is 15.6. The molecule has 0 radical (unpaired) electrons. The summed E-state index contributed by atoms with van der Waals surface area (Å²) in [5.41, 5.74) is 1.92. The van der Waals surface area contributed by atoms with E-state index >= 15 is 0 Å². The molecule has 118 valence electrons. The second kappa shape index (κ2) is 6.46. The van der Waals surface area contributed by atoms with Gasteiger partial charge in [-0.25, -0.2) is 8.42 Å². The number of nitrogens with zero attached hydrogens (tertiary/aromatic N) is 1. The van der Waals surface area contributed by atoms with Gasteiger partial charge in [-0.3, -0.25) is 0 Å². The lowest BCUT2D eigenvalue weighted by Crippen LogP contribution is -2.45. The fourth-order valence-electron chi connectivity index (χ4n) is 3.06. The number of rotatable bonds is 4. The molecule has 1 saturated heterocycles. The van der Waals surface area contributed by atoms with Crippen molar-refractivity contribution < 1.29 is 8.42 Å². The Morgan fingerprint density at radius 3 is 2.67 bits per heavy atom. The SMILES string of the molecule is CNC(C)C1CCCN(S(=O)(=O)c2ccc(C)cc2C)C1. The maximum absolute atomic E-state index is 12.9. The van der Waals surface area contributed by atoms with Gasteiger partial charge in [-0.05, 0) is 58.2 Å². The molecule has 21 heavy (non-hydrogen) atoms. The van der Waals surface area contributed by atoms with Crippen LogP contribution in [0.5, 0.6) is 0 Å². The monoisotopic (exact) mass is 310 g/mol. The van der Waals surface area contributed by atoms with Crippen molar-refractivity contribution >= 4 is 10.0 Å². The number of piperidine rings is 1. The average molecular weight is 310 g/mol. The van der Waals surface area contributed by atoms with Crippen molar-refractivity contribution in [3.8, 4) is 0 Å². The van der Waals surface area contributed by atoms with Crippen molar-refractivity contribution in [2.75, 3.05) is 20.1 Å². The first-order valence-electron chi connectivity index (χ1n) is 7.61. The summed E-state index contributed by atoms with van der Waals surface area (Å²) in [6.07, 6.45) is 2.02. The van der Waals surface area contributed by atoms with Crippen LogP contribution in [0.1, 0.15) is 30.9 Å². The number of hydrogen-bond donors (Lipinski definition) is 1. The summed E-state index contributed by atoms with van der Waals surface area (Å²) in [6.45, 7) is 7.21. The average Bonchev–Trinajstić information content (AvgIpc) is 2.46. The smallest absolute Gasteiger partial charge is 0.243 e. The summed E-state index contributed by atoms with van der Waals surface area (Å²) in [7, 11) is -1.45. The molecule has 0 aromatic heterocycles. The summed E-state index contributed by atoms with van der Waals surface area (Å²) in [4.78, 5) is 0.450. The fraction of sp³-hybridized carbons (Fsp3) is 0.625. The molecule has 2 rings (SSSR count). The summed E-state index contributed by atoms with van der Waals surface area (Å²) in [5, 5.41) is 3.24. The van der Waals surface area contributed by atoms with Gasteiger partial charge in [-0.1, -0.05) is 17.7 Å². The minimum absolute atomic E-state index is 0.335.